The van der Waals surface area contributed by atoms with Crippen LogP contribution in [0.15, 0.2) is 6.07 Å². The van der Waals surface area contributed by atoms with Crippen molar-refractivity contribution in [2.24, 2.45) is 5.73 Å². The van der Waals surface area contributed by atoms with Gasteiger partial charge in [-0.1, -0.05) is 23.2 Å². The maximum absolute atomic E-state index is 10.5. The molecule has 0 saturated heterocycles. The van der Waals surface area contributed by atoms with Crippen molar-refractivity contribution < 1.29 is 9.90 Å². The van der Waals surface area contributed by atoms with Gasteiger partial charge in [-0.3, -0.25) is 4.79 Å². The molecule has 78 valence electrons. The third-order valence-corrected chi connectivity index (χ3v) is 3.80. The predicted molar refractivity (Wildman–Crippen MR) is 58.4 cm³/mol. The fourth-order valence-electron chi connectivity index (χ4n) is 1.08. The SMILES string of the molecule is NCC(CC(=O)O)c1cc(Cl)c(Cl)s1. The van der Waals surface area contributed by atoms with Crippen LogP contribution in [0.4, 0.5) is 0 Å². The lowest BCUT2D eigenvalue weighted by Crippen LogP contribution is -2.15. The second-order valence-electron chi connectivity index (χ2n) is 2.80. The molecule has 3 nitrogen and oxygen atoms in total. The minimum atomic E-state index is -0.874. The number of hydrogen-bond donors (Lipinski definition) is 2. The number of aliphatic carboxylic acids is 1. The van der Waals surface area contributed by atoms with Gasteiger partial charge in [-0.2, -0.15) is 0 Å². The standard InChI is InChI=1S/C8H9Cl2NO2S/c9-5-2-6(14-8(5)10)4(3-11)1-7(12)13/h2,4H,1,3,11H2,(H,12,13). The Bertz CT molecular complexity index is 321. The molecule has 0 fully saturated rings. The second kappa shape index (κ2) is 4.98. The summed E-state index contributed by atoms with van der Waals surface area (Å²) in [6.45, 7) is 0.277. The van der Waals surface area contributed by atoms with Crippen molar-refractivity contribution in [1.29, 1.82) is 0 Å². The molecule has 1 unspecified atom stereocenters. The van der Waals surface area contributed by atoms with Gasteiger partial charge < -0.3 is 10.8 Å². The van der Waals surface area contributed by atoms with Crippen LogP contribution in [0.25, 0.3) is 0 Å². The van der Waals surface area contributed by atoms with Gasteiger partial charge in [-0.15, -0.1) is 11.3 Å². The number of halogens is 2. The van der Waals surface area contributed by atoms with Gasteiger partial charge in [0.2, 0.25) is 0 Å². The van der Waals surface area contributed by atoms with E-state index in [9.17, 15) is 4.79 Å². The lowest BCUT2D eigenvalue weighted by atomic mass is 10.0. The average Bonchev–Trinajstić information content (AvgIpc) is 2.42. The Morgan fingerprint density at radius 1 is 1.64 bits per heavy atom. The summed E-state index contributed by atoms with van der Waals surface area (Å²) in [6, 6.07) is 1.68. The molecule has 14 heavy (non-hydrogen) atoms. The summed E-state index contributed by atoms with van der Waals surface area (Å²) >= 11 is 12.8. The largest absolute Gasteiger partial charge is 0.481 e. The van der Waals surface area contributed by atoms with Gasteiger partial charge in [0.25, 0.3) is 0 Å². The van der Waals surface area contributed by atoms with E-state index in [0.29, 0.717) is 9.36 Å². The van der Waals surface area contributed by atoms with Gasteiger partial charge in [-0.25, -0.2) is 0 Å². The summed E-state index contributed by atoms with van der Waals surface area (Å²) in [5.41, 5.74) is 5.47. The Labute approximate surface area is 95.4 Å². The van der Waals surface area contributed by atoms with Crippen LogP contribution in [-0.4, -0.2) is 17.6 Å². The number of thiophene rings is 1. The van der Waals surface area contributed by atoms with Crippen molar-refractivity contribution in [2.75, 3.05) is 6.54 Å². The van der Waals surface area contributed by atoms with Crippen LogP contribution in [-0.2, 0) is 4.79 Å². The minimum absolute atomic E-state index is 0.00364. The molecular formula is C8H9Cl2NO2S. The van der Waals surface area contributed by atoms with Gasteiger partial charge in [0.1, 0.15) is 4.34 Å². The molecule has 3 N–H and O–H groups in total. The molecule has 0 bridgehead atoms. The third kappa shape index (κ3) is 2.85. The Balaban J connectivity index is 2.83. The zero-order valence-corrected chi connectivity index (χ0v) is 9.49. The molecule has 1 atom stereocenters. The van der Waals surface area contributed by atoms with Crippen molar-refractivity contribution in [2.45, 2.75) is 12.3 Å². The van der Waals surface area contributed by atoms with E-state index in [-0.39, 0.29) is 18.9 Å². The monoisotopic (exact) mass is 253 g/mol. The van der Waals surface area contributed by atoms with Crippen LogP contribution in [0, 0.1) is 0 Å². The van der Waals surface area contributed by atoms with E-state index in [1.807, 2.05) is 0 Å². The van der Waals surface area contributed by atoms with E-state index in [2.05, 4.69) is 0 Å². The first-order valence-electron chi connectivity index (χ1n) is 3.91. The molecule has 0 aliphatic carbocycles. The summed E-state index contributed by atoms with van der Waals surface area (Å²) in [5, 5.41) is 9.09. The second-order valence-corrected chi connectivity index (χ2v) is 4.89. The van der Waals surface area contributed by atoms with E-state index >= 15 is 0 Å². The zero-order valence-electron chi connectivity index (χ0n) is 7.17. The topological polar surface area (TPSA) is 63.3 Å². The Hall–Kier alpha value is -0.290. The Morgan fingerprint density at radius 2 is 2.29 bits per heavy atom. The molecule has 0 aromatic carbocycles. The highest BCUT2D eigenvalue weighted by Crippen LogP contribution is 2.36. The summed E-state index contributed by atoms with van der Waals surface area (Å²) in [6.07, 6.45) is 0.00364. The zero-order chi connectivity index (χ0) is 10.7. The summed E-state index contributed by atoms with van der Waals surface area (Å²) in [4.78, 5) is 11.3. The molecule has 0 amide bonds. The molecule has 1 aromatic heterocycles. The summed E-state index contributed by atoms with van der Waals surface area (Å²) in [5.74, 6) is -1.08. The van der Waals surface area contributed by atoms with Crippen molar-refractivity contribution in [3.8, 4) is 0 Å². The van der Waals surface area contributed by atoms with Crippen LogP contribution in [0.3, 0.4) is 0 Å². The number of nitrogens with two attached hydrogens (primary N) is 1. The van der Waals surface area contributed by atoms with Crippen LogP contribution >= 0.6 is 34.5 Å². The van der Waals surface area contributed by atoms with E-state index in [1.54, 1.807) is 6.07 Å². The number of carbonyl (C=O) groups is 1. The Kier molecular flexibility index (Phi) is 4.19. The normalized spacial score (nSPS) is 12.8. The van der Waals surface area contributed by atoms with E-state index in [0.717, 1.165) is 4.88 Å². The van der Waals surface area contributed by atoms with Crippen molar-refractivity contribution in [3.05, 3.63) is 20.3 Å². The fraction of sp³-hybridized carbons (Fsp3) is 0.375. The minimum Gasteiger partial charge on any atom is -0.481 e. The third-order valence-electron chi connectivity index (χ3n) is 1.77. The lowest BCUT2D eigenvalue weighted by Gasteiger charge is -2.08. The molecular weight excluding hydrogens is 245 g/mol. The van der Waals surface area contributed by atoms with Crippen molar-refractivity contribution in [3.63, 3.8) is 0 Å². The molecule has 0 saturated carbocycles. The number of carboxylic acid groups (broad SMARTS) is 1. The van der Waals surface area contributed by atoms with Crippen LogP contribution in [0.2, 0.25) is 9.36 Å². The molecule has 1 aromatic rings. The fourth-order valence-corrected chi connectivity index (χ4v) is 2.58. The van der Waals surface area contributed by atoms with Gasteiger partial charge in [-0.05, 0) is 6.07 Å². The highest BCUT2D eigenvalue weighted by molar-refractivity contribution is 7.17. The number of hydrogen-bond acceptors (Lipinski definition) is 3. The number of carboxylic acids is 1. The first kappa shape index (κ1) is 11.8. The van der Waals surface area contributed by atoms with Crippen LogP contribution in [0.5, 0.6) is 0 Å². The Morgan fingerprint density at radius 3 is 2.64 bits per heavy atom. The maximum Gasteiger partial charge on any atom is 0.304 e. The molecule has 0 radical (unpaired) electrons. The first-order chi connectivity index (χ1) is 6.54. The van der Waals surface area contributed by atoms with Crippen molar-refractivity contribution >= 4 is 40.5 Å². The molecule has 1 heterocycles. The highest BCUT2D eigenvalue weighted by atomic mass is 35.5. The molecule has 0 aliphatic heterocycles. The van der Waals surface area contributed by atoms with E-state index in [4.69, 9.17) is 34.0 Å². The summed E-state index contributed by atoms with van der Waals surface area (Å²) < 4.78 is 0.477. The first-order valence-corrected chi connectivity index (χ1v) is 5.48. The van der Waals surface area contributed by atoms with Gasteiger partial charge in [0.05, 0.1) is 11.4 Å². The van der Waals surface area contributed by atoms with E-state index in [1.165, 1.54) is 11.3 Å². The van der Waals surface area contributed by atoms with Crippen LogP contribution < -0.4 is 5.73 Å². The molecule has 0 spiro atoms. The number of rotatable bonds is 4. The molecule has 0 aliphatic rings. The van der Waals surface area contributed by atoms with Gasteiger partial charge in [0, 0.05) is 17.3 Å². The molecule has 6 heteroatoms. The van der Waals surface area contributed by atoms with Gasteiger partial charge in [0.15, 0.2) is 0 Å². The van der Waals surface area contributed by atoms with Crippen LogP contribution in [0.1, 0.15) is 17.2 Å². The predicted octanol–water partition coefficient (Wildman–Crippen LogP) is 2.57. The van der Waals surface area contributed by atoms with Crippen molar-refractivity contribution in [1.82, 2.24) is 0 Å². The van der Waals surface area contributed by atoms with Gasteiger partial charge >= 0.3 is 5.97 Å². The quantitative estimate of drug-likeness (QED) is 0.867. The highest BCUT2D eigenvalue weighted by Gasteiger charge is 2.17. The molecule has 1 rings (SSSR count). The smallest absolute Gasteiger partial charge is 0.304 e. The summed E-state index contributed by atoms with van der Waals surface area (Å²) in [7, 11) is 0. The lowest BCUT2D eigenvalue weighted by molar-refractivity contribution is -0.137. The van der Waals surface area contributed by atoms with E-state index < -0.39 is 5.97 Å². The maximum atomic E-state index is 10.5. The average molecular weight is 254 g/mol.